The van der Waals surface area contributed by atoms with Gasteiger partial charge in [-0.15, -0.1) is 0 Å². The van der Waals surface area contributed by atoms with Crippen molar-refractivity contribution in [1.29, 1.82) is 0 Å². The molecule has 0 unspecified atom stereocenters. The van der Waals surface area contributed by atoms with Gasteiger partial charge in [0.15, 0.2) is 0 Å². The molecule has 8 heteroatoms. The summed E-state index contributed by atoms with van der Waals surface area (Å²) in [7, 11) is 0. The monoisotopic (exact) mass is 296 g/mol. The van der Waals surface area contributed by atoms with E-state index in [1.165, 1.54) is 6.92 Å². The Balaban J connectivity index is 3.49. The molecule has 0 saturated heterocycles. The summed E-state index contributed by atoms with van der Waals surface area (Å²) in [5.41, 5.74) is 1.41. The van der Waals surface area contributed by atoms with Gasteiger partial charge in [-0.05, 0) is 25.1 Å². The number of nitrogens with two attached hydrogens (primary N) is 1. The van der Waals surface area contributed by atoms with E-state index in [-0.39, 0.29) is 5.84 Å². The summed E-state index contributed by atoms with van der Waals surface area (Å²) >= 11 is 0. The van der Waals surface area contributed by atoms with Gasteiger partial charge < -0.3 is 5.73 Å². The third-order valence-electron chi connectivity index (χ3n) is 2.24. The van der Waals surface area contributed by atoms with Crippen molar-refractivity contribution in [3.63, 3.8) is 0 Å². The van der Waals surface area contributed by atoms with Gasteiger partial charge in [-0.3, -0.25) is 0 Å². The predicted molar refractivity (Wildman–Crippen MR) is 62.8 cm³/mol. The molecular weight excluding hydrogens is 286 g/mol. The molecule has 0 heterocycles. The molecule has 110 valence electrons. The van der Waals surface area contributed by atoms with Crippen molar-refractivity contribution >= 4 is 11.9 Å². The third kappa shape index (κ3) is 4.01. The SMILES string of the molecule is CC(N)=N/C=C/c1c(C(F)(F)F)cccc1C(F)(F)F. The summed E-state index contributed by atoms with van der Waals surface area (Å²) in [6, 6.07) is 1.86. The lowest BCUT2D eigenvalue weighted by Gasteiger charge is -2.16. The maximum absolute atomic E-state index is 12.7. The number of benzene rings is 1. The van der Waals surface area contributed by atoms with Crippen LogP contribution in [0.1, 0.15) is 23.6 Å². The molecule has 20 heavy (non-hydrogen) atoms. The van der Waals surface area contributed by atoms with E-state index in [0.29, 0.717) is 24.3 Å². The van der Waals surface area contributed by atoms with E-state index in [0.717, 1.165) is 6.20 Å². The Bertz CT molecular complexity index is 504. The molecule has 0 aliphatic carbocycles. The highest BCUT2D eigenvalue weighted by Crippen LogP contribution is 2.39. The number of alkyl halides is 6. The van der Waals surface area contributed by atoms with Gasteiger partial charge >= 0.3 is 12.4 Å². The minimum atomic E-state index is -4.90. The number of hydrogen-bond donors (Lipinski definition) is 1. The van der Waals surface area contributed by atoms with Crippen molar-refractivity contribution in [1.82, 2.24) is 0 Å². The molecule has 0 bridgehead atoms. The Hall–Kier alpha value is -1.99. The van der Waals surface area contributed by atoms with Crippen LogP contribution in [0.4, 0.5) is 26.3 Å². The maximum atomic E-state index is 12.7. The molecule has 0 radical (unpaired) electrons. The van der Waals surface area contributed by atoms with Crippen LogP contribution in [-0.2, 0) is 12.4 Å². The Morgan fingerprint density at radius 3 is 1.85 bits per heavy atom. The molecule has 0 saturated carbocycles. The summed E-state index contributed by atoms with van der Waals surface area (Å²) < 4.78 is 76.4. The first kappa shape index (κ1) is 16.1. The van der Waals surface area contributed by atoms with E-state index >= 15 is 0 Å². The first-order valence-corrected chi connectivity index (χ1v) is 5.27. The first-order valence-electron chi connectivity index (χ1n) is 5.27. The Morgan fingerprint density at radius 1 is 1.05 bits per heavy atom. The highest BCUT2D eigenvalue weighted by molar-refractivity contribution is 5.78. The fourth-order valence-electron chi connectivity index (χ4n) is 1.47. The van der Waals surface area contributed by atoms with Crippen LogP contribution in [0.3, 0.4) is 0 Å². The molecule has 2 nitrogen and oxygen atoms in total. The van der Waals surface area contributed by atoms with Gasteiger partial charge in [0.1, 0.15) is 0 Å². The van der Waals surface area contributed by atoms with Gasteiger partial charge in [-0.2, -0.15) is 26.3 Å². The summed E-state index contributed by atoms with van der Waals surface area (Å²) in [6.07, 6.45) is -8.36. The van der Waals surface area contributed by atoms with Crippen LogP contribution in [0, 0.1) is 0 Å². The standard InChI is InChI=1S/C12H10F6N2/c1-7(19)20-6-5-8-9(11(13,14)15)3-2-4-10(8)12(16,17)18/h2-6H,1H3,(H2,19,20)/b6-5+. The second-order valence-corrected chi connectivity index (χ2v) is 3.85. The molecule has 0 aromatic heterocycles. The van der Waals surface area contributed by atoms with Crippen LogP contribution in [0.5, 0.6) is 0 Å². The summed E-state index contributed by atoms with van der Waals surface area (Å²) in [6.45, 7) is 1.35. The second-order valence-electron chi connectivity index (χ2n) is 3.85. The van der Waals surface area contributed by atoms with Gasteiger partial charge in [0.05, 0.1) is 17.0 Å². The lowest BCUT2D eigenvalue weighted by Crippen LogP contribution is -2.14. The molecule has 0 aliphatic rings. The van der Waals surface area contributed by atoms with Gasteiger partial charge in [0.25, 0.3) is 0 Å². The average molecular weight is 296 g/mol. The molecule has 0 amide bonds. The largest absolute Gasteiger partial charge is 0.417 e. The Morgan fingerprint density at radius 2 is 1.50 bits per heavy atom. The molecule has 0 atom stereocenters. The minimum absolute atomic E-state index is 0.0132. The van der Waals surface area contributed by atoms with Crippen LogP contribution in [-0.4, -0.2) is 5.84 Å². The molecule has 1 rings (SSSR count). The van der Waals surface area contributed by atoms with Crippen molar-refractivity contribution in [2.24, 2.45) is 10.7 Å². The topological polar surface area (TPSA) is 38.4 Å². The van der Waals surface area contributed by atoms with E-state index in [2.05, 4.69) is 4.99 Å². The average Bonchev–Trinajstić information content (AvgIpc) is 2.25. The van der Waals surface area contributed by atoms with Gasteiger partial charge in [0.2, 0.25) is 0 Å². The molecular formula is C12H10F6N2. The zero-order valence-electron chi connectivity index (χ0n) is 10.2. The first-order chi connectivity index (χ1) is 9.03. The number of nitrogens with zero attached hydrogens (tertiary/aromatic N) is 1. The molecule has 2 N–H and O–H groups in total. The smallest absolute Gasteiger partial charge is 0.387 e. The zero-order valence-corrected chi connectivity index (χ0v) is 10.2. The van der Waals surface area contributed by atoms with Gasteiger partial charge in [-0.1, -0.05) is 6.07 Å². The van der Waals surface area contributed by atoms with E-state index < -0.39 is 29.0 Å². The number of amidine groups is 1. The summed E-state index contributed by atoms with van der Waals surface area (Å²) in [5, 5.41) is 0. The van der Waals surface area contributed by atoms with E-state index in [4.69, 9.17) is 5.73 Å². The van der Waals surface area contributed by atoms with Crippen molar-refractivity contribution in [2.75, 3.05) is 0 Å². The van der Waals surface area contributed by atoms with Crippen LogP contribution >= 0.6 is 0 Å². The lowest BCUT2D eigenvalue weighted by atomic mass is 10.00. The Labute approximate surface area is 110 Å². The van der Waals surface area contributed by atoms with Crippen molar-refractivity contribution in [3.8, 4) is 0 Å². The molecule has 1 aromatic carbocycles. The van der Waals surface area contributed by atoms with Crippen LogP contribution in [0.15, 0.2) is 29.4 Å². The van der Waals surface area contributed by atoms with E-state index in [1.54, 1.807) is 0 Å². The maximum Gasteiger partial charge on any atom is 0.417 e. The van der Waals surface area contributed by atoms with Crippen LogP contribution in [0.2, 0.25) is 0 Å². The summed E-state index contributed by atoms with van der Waals surface area (Å²) in [4.78, 5) is 3.45. The predicted octanol–water partition coefficient (Wildman–Crippen LogP) is 4.07. The minimum Gasteiger partial charge on any atom is -0.387 e. The number of aliphatic imine (C=N–C) groups is 1. The highest BCUT2D eigenvalue weighted by Gasteiger charge is 2.39. The lowest BCUT2D eigenvalue weighted by molar-refractivity contribution is -0.143. The number of halogens is 6. The molecule has 0 spiro atoms. The molecule has 0 aliphatic heterocycles. The van der Waals surface area contributed by atoms with Crippen LogP contribution < -0.4 is 5.73 Å². The fraction of sp³-hybridized carbons (Fsp3) is 0.250. The zero-order chi connectivity index (χ0) is 15.6. The number of hydrogen-bond acceptors (Lipinski definition) is 1. The van der Waals surface area contributed by atoms with Crippen molar-refractivity contribution in [2.45, 2.75) is 19.3 Å². The third-order valence-corrected chi connectivity index (χ3v) is 2.24. The van der Waals surface area contributed by atoms with Crippen molar-refractivity contribution in [3.05, 3.63) is 41.1 Å². The quantitative estimate of drug-likeness (QED) is 0.498. The molecule has 0 fully saturated rings. The normalized spacial score (nSPS) is 14.1. The highest BCUT2D eigenvalue weighted by atomic mass is 19.4. The van der Waals surface area contributed by atoms with Gasteiger partial charge in [0, 0.05) is 11.8 Å². The van der Waals surface area contributed by atoms with Crippen molar-refractivity contribution < 1.29 is 26.3 Å². The Kier molecular flexibility index (Phi) is 4.46. The second kappa shape index (κ2) is 5.56. The van der Waals surface area contributed by atoms with E-state index in [9.17, 15) is 26.3 Å². The molecule has 1 aromatic rings. The number of rotatable bonds is 2. The fourth-order valence-corrected chi connectivity index (χ4v) is 1.47. The van der Waals surface area contributed by atoms with E-state index in [1.807, 2.05) is 0 Å². The summed E-state index contributed by atoms with van der Waals surface area (Å²) in [5.74, 6) is 0.0132. The van der Waals surface area contributed by atoms with Gasteiger partial charge in [-0.25, -0.2) is 4.99 Å². The van der Waals surface area contributed by atoms with Crippen LogP contribution in [0.25, 0.3) is 6.08 Å².